The van der Waals surface area contributed by atoms with Crippen LogP contribution in [0.1, 0.15) is 35.7 Å². The fraction of sp³-hybridized carbons (Fsp3) is 0.182. The lowest BCUT2D eigenvalue weighted by molar-refractivity contribution is 0.102. The van der Waals surface area contributed by atoms with Crippen LogP contribution in [-0.4, -0.2) is 20.3 Å². The number of fused-ring (bicyclic) bond motifs is 1. The lowest BCUT2D eigenvalue weighted by Gasteiger charge is -2.04. The first-order chi connectivity index (χ1) is 14.2. The summed E-state index contributed by atoms with van der Waals surface area (Å²) in [5.41, 5.74) is 3.16. The van der Waals surface area contributed by atoms with Crippen LogP contribution < -0.4 is 10.9 Å². The molecule has 146 valence electrons. The largest absolute Gasteiger partial charge is 0.298 e. The van der Waals surface area contributed by atoms with E-state index in [4.69, 9.17) is 0 Å². The number of nitrogens with one attached hydrogen (secondary N) is 1. The first-order valence-electron chi connectivity index (χ1n) is 9.48. The highest BCUT2D eigenvalue weighted by Crippen LogP contribution is 2.25. The second-order valence-corrected chi connectivity index (χ2v) is 7.56. The molecule has 0 saturated carbocycles. The van der Waals surface area contributed by atoms with Crippen molar-refractivity contribution in [3.8, 4) is 11.3 Å². The Hall–Kier alpha value is -3.32. The summed E-state index contributed by atoms with van der Waals surface area (Å²) in [6.07, 6.45) is 6.32. The molecule has 6 nitrogen and oxygen atoms in total. The maximum absolute atomic E-state index is 12.6. The van der Waals surface area contributed by atoms with Gasteiger partial charge in [0.15, 0.2) is 5.13 Å². The highest BCUT2D eigenvalue weighted by molar-refractivity contribution is 7.14. The van der Waals surface area contributed by atoms with Crippen molar-refractivity contribution in [3.05, 3.63) is 81.7 Å². The Morgan fingerprint density at radius 3 is 2.79 bits per heavy atom. The van der Waals surface area contributed by atoms with Gasteiger partial charge in [-0.15, -0.1) is 11.3 Å². The molecule has 4 aromatic rings. The Morgan fingerprint density at radius 1 is 1.17 bits per heavy atom. The predicted molar refractivity (Wildman–Crippen MR) is 116 cm³/mol. The van der Waals surface area contributed by atoms with Crippen LogP contribution in [0.4, 0.5) is 5.13 Å². The van der Waals surface area contributed by atoms with E-state index in [1.54, 1.807) is 24.4 Å². The second kappa shape index (κ2) is 8.36. The van der Waals surface area contributed by atoms with Gasteiger partial charge in [-0.2, -0.15) is 0 Å². The van der Waals surface area contributed by atoms with E-state index >= 15 is 0 Å². The molecule has 0 bridgehead atoms. The number of carbonyl (C=O) groups is 1. The molecule has 1 aromatic carbocycles. The Morgan fingerprint density at radius 2 is 2.00 bits per heavy atom. The van der Waals surface area contributed by atoms with Crippen LogP contribution in [0.25, 0.3) is 16.9 Å². The molecule has 0 radical (unpaired) electrons. The molecule has 3 heterocycles. The van der Waals surface area contributed by atoms with Gasteiger partial charge in [0.1, 0.15) is 11.2 Å². The monoisotopic (exact) mass is 404 g/mol. The molecule has 1 N–H and O–H groups in total. The Labute approximate surface area is 171 Å². The minimum atomic E-state index is -0.517. The first-order valence-corrected chi connectivity index (χ1v) is 10.4. The maximum Gasteiger partial charge on any atom is 0.270 e. The van der Waals surface area contributed by atoms with Crippen LogP contribution in [-0.2, 0) is 6.42 Å². The Bertz CT molecular complexity index is 1210. The molecule has 0 aliphatic heterocycles. The number of anilines is 1. The average Bonchev–Trinajstić information content (AvgIpc) is 3.21. The fourth-order valence-electron chi connectivity index (χ4n) is 3.03. The van der Waals surface area contributed by atoms with E-state index in [1.165, 1.54) is 40.3 Å². The Balaban J connectivity index is 1.51. The van der Waals surface area contributed by atoms with Crippen LogP contribution in [0, 0.1) is 0 Å². The minimum Gasteiger partial charge on any atom is -0.298 e. The maximum atomic E-state index is 12.6. The molecule has 0 atom stereocenters. The van der Waals surface area contributed by atoms with Gasteiger partial charge in [0, 0.05) is 23.3 Å². The Kier molecular flexibility index (Phi) is 5.48. The minimum absolute atomic E-state index is 0.0225. The number of hydrogen-bond acceptors (Lipinski definition) is 5. The van der Waals surface area contributed by atoms with E-state index in [-0.39, 0.29) is 5.56 Å². The van der Waals surface area contributed by atoms with Crippen LogP contribution in [0.3, 0.4) is 0 Å². The lowest BCUT2D eigenvalue weighted by Crippen LogP contribution is -2.26. The normalized spacial score (nSPS) is 10.9. The molecule has 4 rings (SSSR count). The van der Waals surface area contributed by atoms with Gasteiger partial charge in [-0.25, -0.2) is 9.97 Å². The van der Waals surface area contributed by atoms with Gasteiger partial charge >= 0.3 is 0 Å². The number of pyridine rings is 1. The second-order valence-electron chi connectivity index (χ2n) is 6.70. The molecular weight excluding hydrogens is 384 g/mol. The third-order valence-corrected chi connectivity index (χ3v) is 5.41. The molecule has 0 spiro atoms. The quantitative estimate of drug-likeness (QED) is 0.516. The van der Waals surface area contributed by atoms with Crippen molar-refractivity contribution in [1.29, 1.82) is 0 Å². The molecule has 0 fully saturated rings. The first kappa shape index (κ1) is 19.0. The molecule has 0 unspecified atom stereocenters. The summed E-state index contributed by atoms with van der Waals surface area (Å²) < 4.78 is 1.35. The van der Waals surface area contributed by atoms with E-state index in [2.05, 4.69) is 34.3 Å². The zero-order chi connectivity index (χ0) is 20.2. The summed E-state index contributed by atoms with van der Waals surface area (Å²) in [6, 6.07) is 13.5. The van der Waals surface area contributed by atoms with Crippen molar-refractivity contribution in [2.24, 2.45) is 0 Å². The summed E-state index contributed by atoms with van der Waals surface area (Å²) in [4.78, 5) is 33.8. The number of benzene rings is 1. The molecule has 0 aliphatic carbocycles. The smallest absolute Gasteiger partial charge is 0.270 e. The molecule has 0 aliphatic rings. The standard InChI is InChI=1S/C22H20N4O2S/c1-2-3-6-15-8-10-16(11-9-15)18-14-29-22(24-18)25-20(27)17-13-23-19-7-4-5-12-26(19)21(17)28/h4-5,7-14H,2-3,6H2,1H3,(H,24,25,27). The number of thiazole rings is 1. The van der Waals surface area contributed by atoms with Gasteiger partial charge < -0.3 is 0 Å². The molecular formula is C22H20N4O2S. The van der Waals surface area contributed by atoms with Crippen LogP contribution >= 0.6 is 11.3 Å². The zero-order valence-corrected chi connectivity index (χ0v) is 16.8. The number of hydrogen-bond donors (Lipinski definition) is 1. The summed E-state index contributed by atoms with van der Waals surface area (Å²) in [6.45, 7) is 2.18. The van der Waals surface area contributed by atoms with Crippen molar-refractivity contribution in [2.75, 3.05) is 5.32 Å². The molecule has 3 aromatic heterocycles. The number of aryl methyl sites for hydroxylation is 1. The van der Waals surface area contributed by atoms with Crippen LogP contribution in [0.2, 0.25) is 0 Å². The van der Waals surface area contributed by atoms with E-state index in [1.807, 2.05) is 17.5 Å². The van der Waals surface area contributed by atoms with Crippen molar-refractivity contribution < 1.29 is 4.79 Å². The predicted octanol–water partition coefficient (Wildman–Crippen LogP) is 4.41. The number of amides is 1. The van der Waals surface area contributed by atoms with Gasteiger partial charge in [0.05, 0.1) is 5.69 Å². The van der Waals surface area contributed by atoms with Crippen molar-refractivity contribution in [2.45, 2.75) is 26.2 Å². The zero-order valence-electron chi connectivity index (χ0n) is 16.0. The lowest BCUT2D eigenvalue weighted by atomic mass is 10.1. The third kappa shape index (κ3) is 4.09. The number of nitrogens with zero attached hydrogens (tertiary/aromatic N) is 3. The summed E-state index contributed by atoms with van der Waals surface area (Å²) in [7, 11) is 0. The van der Waals surface area contributed by atoms with E-state index in [0.717, 1.165) is 17.7 Å². The number of aromatic nitrogens is 3. The molecule has 29 heavy (non-hydrogen) atoms. The summed E-state index contributed by atoms with van der Waals surface area (Å²) >= 11 is 1.32. The van der Waals surface area contributed by atoms with Crippen LogP contribution in [0.5, 0.6) is 0 Å². The van der Waals surface area contributed by atoms with Crippen molar-refractivity contribution in [3.63, 3.8) is 0 Å². The highest BCUT2D eigenvalue weighted by Gasteiger charge is 2.15. The van der Waals surface area contributed by atoms with Gasteiger partial charge in [-0.05, 0) is 30.5 Å². The number of unbranched alkanes of at least 4 members (excludes halogenated alkanes) is 1. The number of rotatable bonds is 6. The topological polar surface area (TPSA) is 76.4 Å². The molecule has 0 saturated heterocycles. The van der Waals surface area contributed by atoms with Gasteiger partial charge in [0.25, 0.3) is 11.5 Å². The molecule has 1 amide bonds. The van der Waals surface area contributed by atoms with Gasteiger partial charge in [0.2, 0.25) is 0 Å². The molecule has 7 heteroatoms. The van der Waals surface area contributed by atoms with E-state index in [9.17, 15) is 9.59 Å². The summed E-state index contributed by atoms with van der Waals surface area (Å²) in [5, 5.41) is 5.04. The average molecular weight is 404 g/mol. The summed E-state index contributed by atoms with van der Waals surface area (Å²) in [5.74, 6) is -0.517. The van der Waals surface area contributed by atoms with Crippen molar-refractivity contribution in [1.82, 2.24) is 14.4 Å². The van der Waals surface area contributed by atoms with Crippen molar-refractivity contribution >= 4 is 28.0 Å². The SMILES string of the molecule is CCCCc1ccc(-c2csc(NC(=O)c3cnc4ccccn4c3=O)n2)cc1. The third-order valence-electron chi connectivity index (χ3n) is 4.65. The van der Waals surface area contributed by atoms with E-state index < -0.39 is 11.5 Å². The van der Waals surface area contributed by atoms with Crippen LogP contribution in [0.15, 0.2) is 65.0 Å². The number of carbonyl (C=O) groups excluding carboxylic acids is 1. The van der Waals surface area contributed by atoms with Gasteiger partial charge in [-0.1, -0.05) is 43.7 Å². The van der Waals surface area contributed by atoms with Gasteiger partial charge in [-0.3, -0.25) is 19.3 Å². The fourth-order valence-corrected chi connectivity index (χ4v) is 3.75. The highest BCUT2D eigenvalue weighted by atomic mass is 32.1. The van der Waals surface area contributed by atoms with E-state index in [0.29, 0.717) is 10.8 Å².